The molecule has 0 spiro atoms. The van der Waals surface area contributed by atoms with E-state index in [1.54, 1.807) is 17.3 Å². The molecule has 0 unspecified atom stereocenters. The Hall–Kier alpha value is -0.520. The van der Waals surface area contributed by atoms with Crippen molar-refractivity contribution >= 4 is 21.6 Å². The van der Waals surface area contributed by atoms with Crippen molar-refractivity contribution in [3.63, 3.8) is 0 Å². The van der Waals surface area contributed by atoms with Gasteiger partial charge in [0.1, 0.15) is 16.4 Å². The molecule has 0 saturated heterocycles. The molecule has 0 aliphatic carbocycles. The first-order valence-electron chi connectivity index (χ1n) is 7.44. The van der Waals surface area contributed by atoms with Crippen LogP contribution in [-0.2, 0) is 15.9 Å². The van der Waals surface area contributed by atoms with Gasteiger partial charge in [-0.25, -0.2) is 8.42 Å². The van der Waals surface area contributed by atoms with E-state index in [-0.39, 0.29) is 22.7 Å². The molecule has 0 atom stereocenters. The van der Waals surface area contributed by atoms with Gasteiger partial charge in [-0.3, -0.25) is 0 Å². The number of rotatable bonds is 8. The van der Waals surface area contributed by atoms with Crippen LogP contribution >= 0.6 is 11.6 Å². The third-order valence-corrected chi connectivity index (χ3v) is 5.83. The average molecular weight is 336 g/mol. The van der Waals surface area contributed by atoms with Crippen LogP contribution in [0.5, 0.6) is 0 Å². The predicted molar refractivity (Wildman–Crippen MR) is 86.1 cm³/mol. The van der Waals surface area contributed by atoms with Gasteiger partial charge in [0.2, 0.25) is 10.0 Å². The fraction of sp³-hybridized carbons (Fsp3) is 0.733. The molecule has 1 heterocycles. The Labute approximate surface area is 133 Å². The van der Waals surface area contributed by atoms with Crippen molar-refractivity contribution in [3.8, 4) is 0 Å². The van der Waals surface area contributed by atoms with E-state index in [9.17, 15) is 8.42 Å². The van der Waals surface area contributed by atoms with Crippen molar-refractivity contribution in [1.29, 1.82) is 0 Å². The summed E-state index contributed by atoms with van der Waals surface area (Å²) in [5.74, 6) is 1.33. The third kappa shape index (κ3) is 4.24. The van der Waals surface area contributed by atoms with E-state index in [2.05, 4.69) is 0 Å². The first kappa shape index (κ1) is 18.5. The maximum absolute atomic E-state index is 13.0. The summed E-state index contributed by atoms with van der Waals surface area (Å²) in [6.45, 7) is 10.3. The summed E-state index contributed by atoms with van der Waals surface area (Å²) in [6, 6.07) is 1.55. The molecule has 0 fully saturated rings. The minimum atomic E-state index is -3.56. The second kappa shape index (κ2) is 7.65. The lowest BCUT2D eigenvalue weighted by molar-refractivity contribution is 0.276. The van der Waals surface area contributed by atoms with Gasteiger partial charge in [-0.1, -0.05) is 27.7 Å². The number of nitrogens with zero attached hydrogens (tertiary/aromatic N) is 1. The van der Waals surface area contributed by atoms with E-state index in [0.29, 0.717) is 18.1 Å². The van der Waals surface area contributed by atoms with Crippen LogP contribution in [-0.4, -0.2) is 25.3 Å². The minimum absolute atomic E-state index is 0.00570. The molecule has 1 rings (SSSR count). The number of aryl methyl sites for hydroxylation is 1. The Kier molecular flexibility index (Phi) is 6.75. The monoisotopic (exact) mass is 335 g/mol. The number of alkyl halides is 1. The van der Waals surface area contributed by atoms with Crippen LogP contribution in [0, 0.1) is 12.8 Å². The highest BCUT2D eigenvalue weighted by Crippen LogP contribution is 2.28. The summed E-state index contributed by atoms with van der Waals surface area (Å²) in [5, 5.41) is 0. The molecule has 0 aliphatic heterocycles. The Morgan fingerprint density at radius 2 is 1.86 bits per heavy atom. The predicted octanol–water partition coefficient (Wildman–Crippen LogP) is 4.16. The second-order valence-corrected chi connectivity index (χ2v) is 7.83. The SMILES string of the molecule is CCC(CC)N(CC(C)C)S(=O)(=O)c1cc(CCl)oc1C. The highest BCUT2D eigenvalue weighted by atomic mass is 35.5. The van der Waals surface area contributed by atoms with Gasteiger partial charge in [0.25, 0.3) is 0 Å². The first-order chi connectivity index (χ1) is 9.77. The first-order valence-corrected chi connectivity index (χ1v) is 9.42. The van der Waals surface area contributed by atoms with Gasteiger partial charge in [-0.15, -0.1) is 11.6 Å². The summed E-state index contributed by atoms with van der Waals surface area (Å²) >= 11 is 5.74. The lowest BCUT2D eigenvalue weighted by Crippen LogP contribution is -2.42. The quantitative estimate of drug-likeness (QED) is 0.670. The van der Waals surface area contributed by atoms with Gasteiger partial charge in [0.15, 0.2) is 0 Å². The third-order valence-electron chi connectivity index (χ3n) is 3.54. The fourth-order valence-corrected chi connectivity index (χ4v) is 4.73. The molecule has 21 heavy (non-hydrogen) atoms. The molecule has 0 aliphatic rings. The van der Waals surface area contributed by atoms with E-state index in [4.69, 9.17) is 16.0 Å². The molecular weight excluding hydrogens is 310 g/mol. The minimum Gasteiger partial charge on any atom is -0.464 e. The molecular formula is C15H26ClNO3S. The van der Waals surface area contributed by atoms with Crippen LogP contribution in [0.4, 0.5) is 0 Å². The van der Waals surface area contributed by atoms with E-state index in [1.807, 2.05) is 27.7 Å². The number of hydrogen-bond acceptors (Lipinski definition) is 3. The highest BCUT2D eigenvalue weighted by Gasteiger charge is 2.33. The Morgan fingerprint density at radius 1 is 1.29 bits per heavy atom. The summed E-state index contributed by atoms with van der Waals surface area (Å²) < 4.78 is 33.0. The number of furan rings is 1. The molecule has 0 saturated carbocycles. The van der Waals surface area contributed by atoms with E-state index >= 15 is 0 Å². The van der Waals surface area contributed by atoms with Crippen molar-refractivity contribution in [3.05, 3.63) is 17.6 Å². The van der Waals surface area contributed by atoms with E-state index in [1.165, 1.54) is 0 Å². The van der Waals surface area contributed by atoms with Crippen LogP contribution in [0.2, 0.25) is 0 Å². The molecule has 0 aromatic carbocycles. The lowest BCUT2D eigenvalue weighted by Gasteiger charge is -2.30. The van der Waals surface area contributed by atoms with Gasteiger partial charge >= 0.3 is 0 Å². The maximum Gasteiger partial charge on any atom is 0.246 e. The van der Waals surface area contributed by atoms with Gasteiger partial charge in [-0.05, 0) is 25.7 Å². The summed E-state index contributed by atoms with van der Waals surface area (Å²) in [7, 11) is -3.56. The van der Waals surface area contributed by atoms with E-state index < -0.39 is 10.0 Å². The number of hydrogen-bond donors (Lipinski definition) is 0. The summed E-state index contributed by atoms with van der Waals surface area (Å²) in [4.78, 5) is 0.241. The van der Waals surface area contributed by atoms with Gasteiger partial charge in [0, 0.05) is 18.7 Å². The largest absolute Gasteiger partial charge is 0.464 e. The van der Waals surface area contributed by atoms with Crippen molar-refractivity contribution < 1.29 is 12.8 Å². The van der Waals surface area contributed by atoms with Crippen molar-refractivity contribution in [1.82, 2.24) is 4.31 Å². The average Bonchev–Trinajstić information content (AvgIpc) is 2.80. The normalized spacial score (nSPS) is 12.8. The van der Waals surface area contributed by atoms with Gasteiger partial charge < -0.3 is 4.42 Å². The Morgan fingerprint density at radius 3 is 2.24 bits per heavy atom. The van der Waals surface area contributed by atoms with Gasteiger partial charge in [0.05, 0.1) is 5.88 Å². The second-order valence-electron chi connectivity index (χ2n) is 5.71. The lowest BCUT2D eigenvalue weighted by atomic mass is 10.1. The fourth-order valence-electron chi connectivity index (χ4n) is 2.47. The number of halogens is 1. The Balaban J connectivity index is 3.28. The van der Waals surface area contributed by atoms with Crippen molar-refractivity contribution in [2.24, 2.45) is 5.92 Å². The number of sulfonamides is 1. The standard InChI is InChI=1S/C15H26ClNO3S/c1-6-13(7-2)17(10-11(3)4)21(18,19)15-8-14(9-16)20-12(15)5/h8,11,13H,6-7,9-10H2,1-5H3. The molecule has 1 aromatic rings. The van der Waals surface area contributed by atoms with Crippen molar-refractivity contribution in [2.75, 3.05) is 6.54 Å². The Bertz CT molecular complexity index is 547. The van der Waals surface area contributed by atoms with Crippen LogP contribution in [0.3, 0.4) is 0 Å². The molecule has 0 amide bonds. The molecule has 0 N–H and O–H groups in total. The maximum atomic E-state index is 13.0. The summed E-state index contributed by atoms with van der Waals surface area (Å²) in [6.07, 6.45) is 1.59. The zero-order valence-corrected chi connectivity index (χ0v) is 15.1. The van der Waals surface area contributed by atoms with Crippen LogP contribution in [0.1, 0.15) is 52.1 Å². The smallest absolute Gasteiger partial charge is 0.246 e. The van der Waals surface area contributed by atoms with E-state index in [0.717, 1.165) is 12.8 Å². The molecule has 1 aromatic heterocycles. The zero-order valence-electron chi connectivity index (χ0n) is 13.5. The summed E-state index contributed by atoms with van der Waals surface area (Å²) in [5.41, 5.74) is 0. The van der Waals surface area contributed by atoms with Crippen molar-refractivity contribution in [2.45, 2.75) is 64.3 Å². The molecule has 6 heteroatoms. The van der Waals surface area contributed by atoms with Crippen LogP contribution in [0.15, 0.2) is 15.4 Å². The molecule has 0 radical (unpaired) electrons. The zero-order chi connectivity index (χ0) is 16.2. The molecule has 4 nitrogen and oxygen atoms in total. The van der Waals surface area contributed by atoms with Gasteiger partial charge in [-0.2, -0.15) is 4.31 Å². The van der Waals surface area contributed by atoms with Crippen LogP contribution < -0.4 is 0 Å². The molecule has 122 valence electrons. The highest BCUT2D eigenvalue weighted by molar-refractivity contribution is 7.89. The topological polar surface area (TPSA) is 50.5 Å². The van der Waals surface area contributed by atoms with Crippen LogP contribution in [0.25, 0.3) is 0 Å². The molecule has 0 bridgehead atoms.